The number of benzene rings is 9. The van der Waals surface area contributed by atoms with Gasteiger partial charge in [0.2, 0.25) is 0 Å². The molecule has 0 unspecified atom stereocenters. The van der Waals surface area contributed by atoms with Crippen LogP contribution in [0, 0.1) is 0 Å². The van der Waals surface area contributed by atoms with E-state index in [-0.39, 0.29) is 0 Å². The maximum atomic E-state index is 2.44. The molecule has 0 aromatic heterocycles. The van der Waals surface area contributed by atoms with E-state index in [0.29, 0.717) is 0 Å². The SMILES string of the molecule is C(=C(c1ccccc1)c1ccccc1)c1ccc(N(c2cccc3cc4ccccc4cc23)c2cccc3cc4ccccc4cc23)cc1. The minimum atomic E-state index is 1.11. The first kappa shape index (κ1) is 28.8. The Kier molecular flexibility index (Phi) is 7.22. The van der Waals surface area contributed by atoms with Crippen LogP contribution in [0.2, 0.25) is 0 Å². The third-order valence-electron chi connectivity index (χ3n) is 9.56. The van der Waals surface area contributed by atoms with Crippen molar-refractivity contribution in [3.63, 3.8) is 0 Å². The topological polar surface area (TPSA) is 3.24 Å². The summed E-state index contributed by atoms with van der Waals surface area (Å²) < 4.78 is 0. The van der Waals surface area contributed by atoms with Crippen molar-refractivity contribution in [1.82, 2.24) is 0 Å². The number of anilines is 3. The van der Waals surface area contributed by atoms with Crippen molar-refractivity contribution in [2.45, 2.75) is 0 Å². The number of rotatable bonds is 6. The molecule has 0 heterocycles. The Balaban J connectivity index is 1.25. The Morgan fingerprint density at radius 3 is 1.22 bits per heavy atom. The molecule has 0 atom stereocenters. The molecule has 0 N–H and O–H groups in total. The predicted molar refractivity (Wildman–Crippen MR) is 211 cm³/mol. The highest BCUT2D eigenvalue weighted by Gasteiger charge is 2.18. The van der Waals surface area contributed by atoms with Crippen molar-refractivity contribution >= 4 is 71.8 Å². The summed E-state index contributed by atoms with van der Waals surface area (Å²) in [5, 5.41) is 9.86. The highest BCUT2D eigenvalue weighted by atomic mass is 15.1. The van der Waals surface area contributed by atoms with Crippen molar-refractivity contribution in [3.05, 3.63) is 211 Å². The lowest BCUT2D eigenvalue weighted by atomic mass is 9.95. The molecule has 0 saturated heterocycles. The Labute approximate surface area is 286 Å². The van der Waals surface area contributed by atoms with Crippen LogP contribution >= 0.6 is 0 Å². The predicted octanol–water partition coefficient (Wildman–Crippen LogP) is 13.4. The highest BCUT2D eigenvalue weighted by molar-refractivity contribution is 6.10. The molecule has 0 amide bonds. The van der Waals surface area contributed by atoms with Gasteiger partial charge in [-0.25, -0.2) is 0 Å². The minimum Gasteiger partial charge on any atom is -0.309 e. The summed E-state index contributed by atoms with van der Waals surface area (Å²) in [5.41, 5.74) is 8.17. The fourth-order valence-corrected chi connectivity index (χ4v) is 7.15. The molecule has 1 nitrogen and oxygen atoms in total. The van der Waals surface area contributed by atoms with Crippen LogP contribution in [0.5, 0.6) is 0 Å². The molecule has 9 aromatic rings. The molecule has 230 valence electrons. The average molecular weight is 624 g/mol. The molecule has 0 aliphatic heterocycles. The molecule has 0 radical (unpaired) electrons. The molecular weight excluding hydrogens is 591 g/mol. The zero-order chi connectivity index (χ0) is 32.6. The molecular formula is C48H33N. The van der Waals surface area contributed by atoms with Crippen LogP contribution in [0.25, 0.3) is 54.7 Å². The molecule has 9 aromatic carbocycles. The Bertz CT molecular complexity index is 2470. The van der Waals surface area contributed by atoms with Crippen LogP contribution in [0.3, 0.4) is 0 Å². The van der Waals surface area contributed by atoms with Crippen LogP contribution in [0.1, 0.15) is 16.7 Å². The van der Waals surface area contributed by atoms with Gasteiger partial charge in [-0.1, -0.05) is 146 Å². The first-order chi connectivity index (χ1) is 24.3. The Morgan fingerprint density at radius 1 is 0.347 bits per heavy atom. The first-order valence-electron chi connectivity index (χ1n) is 16.8. The number of hydrogen-bond acceptors (Lipinski definition) is 1. The van der Waals surface area contributed by atoms with Gasteiger partial charge in [-0.15, -0.1) is 0 Å². The van der Waals surface area contributed by atoms with Gasteiger partial charge in [0.25, 0.3) is 0 Å². The molecule has 9 rings (SSSR count). The quantitative estimate of drug-likeness (QED) is 0.132. The van der Waals surface area contributed by atoms with Gasteiger partial charge in [0.05, 0.1) is 11.4 Å². The average Bonchev–Trinajstić information content (AvgIpc) is 3.17. The van der Waals surface area contributed by atoms with Crippen LogP contribution < -0.4 is 4.90 Å². The maximum absolute atomic E-state index is 2.44. The molecule has 0 aliphatic carbocycles. The van der Waals surface area contributed by atoms with Crippen LogP contribution in [0.4, 0.5) is 17.1 Å². The fraction of sp³-hybridized carbons (Fsp3) is 0. The standard InChI is InChI=1S/C48H33N/c1-3-13-35(14-4-1)44(36-15-5-2-6-16-36)29-34-25-27-43(28-26-34)49(47-23-11-21-41-30-37-17-7-9-19-39(37)32-45(41)47)48-24-12-22-42-31-38-18-8-10-20-40(38)33-46(42)48/h1-33H. The lowest BCUT2D eigenvalue weighted by Crippen LogP contribution is -2.11. The van der Waals surface area contributed by atoms with Crippen molar-refractivity contribution in [3.8, 4) is 0 Å². The Morgan fingerprint density at radius 2 is 0.755 bits per heavy atom. The van der Waals surface area contributed by atoms with E-state index in [0.717, 1.165) is 22.6 Å². The van der Waals surface area contributed by atoms with E-state index in [9.17, 15) is 0 Å². The van der Waals surface area contributed by atoms with Crippen molar-refractivity contribution in [1.29, 1.82) is 0 Å². The molecule has 0 spiro atoms. The third-order valence-corrected chi connectivity index (χ3v) is 9.56. The zero-order valence-electron chi connectivity index (χ0n) is 27.0. The Hall–Kier alpha value is -6.44. The van der Waals surface area contributed by atoms with Gasteiger partial charge in [0.15, 0.2) is 0 Å². The van der Waals surface area contributed by atoms with E-state index in [4.69, 9.17) is 0 Å². The monoisotopic (exact) mass is 623 g/mol. The number of nitrogens with zero attached hydrogens (tertiary/aromatic N) is 1. The highest BCUT2D eigenvalue weighted by Crippen LogP contribution is 2.43. The van der Waals surface area contributed by atoms with E-state index in [1.54, 1.807) is 0 Å². The molecule has 1 heteroatoms. The summed E-state index contributed by atoms with van der Waals surface area (Å²) in [6.45, 7) is 0. The second-order valence-electron chi connectivity index (χ2n) is 12.6. The van der Waals surface area contributed by atoms with Gasteiger partial charge in [0, 0.05) is 16.5 Å². The summed E-state index contributed by atoms with van der Waals surface area (Å²) in [5.74, 6) is 0. The number of fused-ring (bicyclic) bond motifs is 4. The minimum absolute atomic E-state index is 1.11. The van der Waals surface area contributed by atoms with Crippen LogP contribution in [-0.2, 0) is 0 Å². The second kappa shape index (κ2) is 12.3. The van der Waals surface area contributed by atoms with E-state index in [1.807, 2.05) is 0 Å². The lowest BCUT2D eigenvalue weighted by Gasteiger charge is -2.28. The van der Waals surface area contributed by atoms with Crippen LogP contribution in [-0.4, -0.2) is 0 Å². The van der Waals surface area contributed by atoms with E-state index in [2.05, 4.69) is 205 Å². The smallest absolute Gasteiger partial charge is 0.0540 e. The maximum Gasteiger partial charge on any atom is 0.0540 e. The van der Waals surface area contributed by atoms with Gasteiger partial charge >= 0.3 is 0 Å². The molecule has 0 saturated carbocycles. The second-order valence-corrected chi connectivity index (χ2v) is 12.6. The lowest BCUT2D eigenvalue weighted by molar-refractivity contribution is 1.31. The van der Waals surface area contributed by atoms with Gasteiger partial charge in [0.1, 0.15) is 0 Å². The van der Waals surface area contributed by atoms with E-state index < -0.39 is 0 Å². The van der Waals surface area contributed by atoms with Crippen molar-refractivity contribution in [2.75, 3.05) is 4.90 Å². The first-order valence-corrected chi connectivity index (χ1v) is 16.8. The summed E-state index contributed by atoms with van der Waals surface area (Å²) in [6.07, 6.45) is 2.30. The third kappa shape index (κ3) is 5.42. The molecule has 0 bridgehead atoms. The van der Waals surface area contributed by atoms with Gasteiger partial charge in [-0.3, -0.25) is 0 Å². The summed E-state index contributed by atoms with van der Waals surface area (Å²) in [7, 11) is 0. The largest absolute Gasteiger partial charge is 0.309 e. The van der Waals surface area contributed by atoms with E-state index >= 15 is 0 Å². The van der Waals surface area contributed by atoms with Crippen molar-refractivity contribution < 1.29 is 0 Å². The fourth-order valence-electron chi connectivity index (χ4n) is 7.15. The van der Waals surface area contributed by atoms with Crippen LogP contribution in [0.15, 0.2) is 194 Å². The van der Waals surface area contributed by atoms with Gasteiger partial charge in [-0.05, 0) is 109 Å². The molecule has 0 fully saturated rings. The molecule has 49 heavy (non-hydrogen) atoms. The summed E-state index contributed by atoms with van der Waals surface area (Å²) in [6, 6.07) is 70.2. The zero-order valence-corrected chi connectivity index (χ0v) is 27.0. The van der Waals surface area contributed by atoms with E-state index in [1.165, 1.54) is 59.8 Å². The van der Waals surface area contributed by atoms with Gasteiger partial charge in [-0.2, -0.15) is 0 Å². The summed E-state index contributed by atoms with van der Waals surface area (Å²) >= 11 is 0. The number of hydrogen-bond donors (Lipinski definition) is 0. The van der Waals surface area contributed by atoms with Crippen molar-refractivity contribution in [2.24, 2.45) is 0 Å². The summed E-state index contributed by atoms with van der Waals surface area (Å²) in [4.78, 5) is 2.44. The normalized spacial score (nSPS) is 11.3. The molecule has 0 aliphatic rings. The van der Waals surface area contributed by atoms with Gasteiger partial charge < -0.3 is 4.90 Å².